The predicted molar refractivity (Wildman–Crippen MR) is 156 cm³/mol. The number of ether oxygens (including phenoxy) is 1. The van der Waals surface area contributed by atoms with Crippen LogP contribution in [0.5, 0.6) is 11.5 Å². The van der Waals surface area contributed by atoms with Gasteiger partial charge in [-0.15, -0.1) is 0 Å². The van der Waals surface area contributed by atoms with Gasteiger partial charge in [-0.25, -0.2) is 4.39 Å². The molecule has 1 saturated heterocycles. The highest BCUT2D eigenvalue weighted by atomic mass is 32.2. The van der Waals surface area contributed by atoms with Crippen LogP contribution in [0, 0.1) is 5.82 Å². The van der Waals surface area contributed by atoms with E-state index in [1.54, 1.807) is 42.9 Å². The number of H-pyrrole nitrogens is 1. The van der Waals surface area contributed by atoms with Crippen molar-refractivity contribution in [1.29, 1.82) is 0 Å². The van der Waals surface area contributed by atoms with Crippen LogP contribution in [-0.4, -0.2) is 67.4 Å². The number of rotatable bonds is 9. The van der Waals surface area contributed by atoms with Gasteiger partial charge in [-0.2, -0.15) is 0 Å². The summed E-state index contributed by atoms with van der Waals surface area (Å²) in [6.07, 6.45) is 5.22. The molecule has 4 atom stereocenters. The van der Waals surface area contributed by atoms with Crippen molar-refractivity contribution in [3.63, 3.8) is 0 Å². The van der Waals surface area contributed by atoms with Crippen LogP contribution in [0.25, 0.3) is 10.9 Å². The zero-order valence-electron chi connectivity index (χ0n) is 23.0. The molecule has 1 aliphatic rings. The topological polar surface area (TPSA) is 133 Å². The molecule has 218 valence electrons. The fourth-order valence-electron chi connectivity index (χ4n) is 4.85. The fourth-order valence-corrected chi connectivity index (χ4v) is 5.67. The van der Waals surface area contributed by atoms with Crippen LogP contribution in [0.3, 0.4) is 0 Å². The molecule has 0 bridgehead atoms. The molecule has 0 saturated carbocycles. The second-order valence-electron chi connectivity index (χ2n) is 10.1. The Hall–Kier alpha value is -4.58. The van der Waals surface area contributed by atoms with Crippen LogP contribution in [0.15, 0.2) is 73.1 Å². The Morgan fingerprint density at radius 1 is 1.12 bits per heavy atom. The zero-order chi connectivity index (χ0) is 29.8. The number of nitrogens with zero attached hydrogens (tertiary/aromatic N) is 2. The highest BCUT2D eigenvalue weighted by molar-refractivity contribution is 7.84. The monoisotopic (exact) mass is 591 g/mol. The molecule has 0 aliphatic carbocycles. The van der Waals surface area contributed by atoms with E-state index in [0.29, 0.717) is 17.1 Å². The van der Waals surface area contributed by atoms with Gasteiger partial charge in [-0.1, -0.05) is 0 Å². The molecular formula is C30H30FN5O5S. The number of amides is 3. The lowest BCUT2D eigenvalue weighted by atomic mass is 10.1. The summed E-state index contributed by atoms with van der Waals surface area (Å²) in [4.78, 5) is 48.0. The first-order valence-corrected chi connectivity index (χ1v) is 15.0. The van der Waals surface area contributed by atoms with E-state index in [-0.39, 0.29) is 42.5 Å². The largest absolute Gasteiger partial charge is 0.457 e. The minimum Gasteiger partial charge on any atom is -0.457 e. The van der Waals surface area contributed by atoms with Gasteiger partial charge in [0.15, 0.2) is 0 Å². The Kier molecular flexibility index (Phi) is 8.62. The third kappa shape index (κ3) is 6.65. The molecule has 1 fully saturated rings. The molecule has 42 heavy (non-hydrogen) atoms. The maximum atomic E-state index is 13.3. The average molecular weight is 592 g/mol. The predicted octanol–water partition coefficient (Wildman–Crippen LogP) is 3.45. The Morgan fingerprint density at radius 2 is 1.81 bits per heavy atom. The summed E-state index contributed by atoms with van der Waals surface area (Å²) >= 11 is 0. The summed E-state index contributed by atoms with van der Waals surface area (Å²) in [5.41, 5.74) is 1.99. The van der Waals surface area contributed by atoms with Crippen molar-refractivity contribution in [3.05, 3.63) is 90.1 Å². The lowest BCUT2D eigenvalue weighted by Gasteiger charge is -2.25. The highest BCUT2D eigenvalue weighted by Crippen LogP contribution is 2.25. The van der Waals surface area contributed by atoms with Crippen molar-refractivity contribution in [2.75, 3.05) is 19.3 Å². The lowest BCUT2D eigenvalue weighted by Crippen LogP contribution is -2.49. The summed E-state index contributed by atoms with van der Waals surface area (Å²) in [7, 11) is -1.24. The SMILES string of the molecule is C[C@@H](NC(=O)[C@@H]1C[C@@H](S(C)=O)CN1C(=O)CNC(=O)c1ccc(Oc2ccc(F)cc2)cc1)c1cc2cnccc2[nH]1. The number of fused-ring (bicyclic) bond motifs is 1. The Balaban J connectivity index is 1.19. The molecule has 3 heterocycles. The van der Waals surface area contributed by atoms with Gasteiger partial charge in [0, 0.05) is 58.2 Å². The molecular weight excluding hydrogens is 561 g/mol. The van der Waals surface area contributed by atoms with E-state index < -0.39 is 28.7 Å². The van der Waals surface area contributed by atoms with Crippen LogP contribution in [0.4, 0.5) is 4.39 Å². The van der Waals surface area contributed by atoms with Gasteiger partial charge >= 0.3 is 0 Å². The normalized spacial score (nSPS) is 17.9. The number of hydrogen-bond donors (Lipinski definition) is 3. The summed E-state index contributed by atoms with van der Waals surface area (Å²) in [5, 5.41) is 6.12. The van der Waals surface area contributed by atoms with E-state index in [1.165, 1.54) is 29.2 Å². The molecule has 1 aliphatic heterocycles. The molecule has 0 spiro atoms. The van der Waals surface area contributed by atoms with Gasteiger partial charge in [-0.3, -0.25) is 23.6 Å². The third-order valence-electron chi connectivity index (χ3n) is 7.19. The van der Waals surface area contributed by atoms with Crippen LogP contribution >= 0.6 is 0 Å². The lowest BCUT2D eigenvalue weighted by molar-refractivity contribution is -0.137. The molecule has 3 amide bonds. The first kappa shape index (κ1) is 28.9. The van der Waals surface area contributed by atoms with E-state index in [4.69, 9.17) is 4.74 Å². The molecule has 0 radical (unpaired) electrons. The maximum Gasteiger partial charge on any atom is 0.251 e. The standard InChI is InChI=1S/C30H30FN5O5S/c1-18(26-13-20-15-32-12-11-25(20)35-26)34-30(39)27-14-24(42(2)40)17-36(27)28(37)16-33-29(38)19-3-7-22(8-4-19)41-23-9-5-21(31)6-10-23/h3-13,15,18,24,27,35H,14,16-17H2,1-2H3,(H,33,38)(H,34,39)/t18-,24-,27+,42?/m1/s1. The van der Waals surface area contributed by atoms with Crippen LogP contribution in [0.2, 0.25) is 0 Å². The van der Waals surface area contributed by atoms with Crippen molar-refractivity contribution in [2.24, 2.45) is 0 Å². The van der Waals surface area contributed by atoms with Crippen LogP contribution in [0.1, 0.15) is 35.4 Å². The number of halogens is 1. The quantitative estimate of drug-likeness (QED) is 0.273. The molecule has 2 aromatic heterocycles. The number of nitrogens with one attached hydrogen (secondary N) is 3. The summed E-state index contributed by atoms with van der Waals surface area (Å²) in [5.74, 6) is -0.754. The van der Waals surface area contributed by atoms with Crippen molar-refractivity contribution >= 4 is 39.4 Å². The minimum atomic E-state index is -1.24. The Bertz CT molecular complexity index is 1590. The third-order valence-corrected chi connectivity index (χ3v) is 8.47. The van der Waals surface area contributed by atoms with Crippen molar-refractivity contribution < 1.29 is 27.7 Å². The first-order valence-electron chi connectivity index (χ1n) is 13.3. The summed E-state index contributed by atoms with van der Waals surface area (Å²) in [6.45, 7) is 1.66. The zero-order valence-corrected chi connectivity index (χ0v) is 23.8. The van der Waals surface area contributed by atoms with E-state index in [9.17, 15) is 23.0 Å². The van der Waals surface area contributed by atoms with Gasteiger partial charge < -0.3 is 25.3 Å². The van der Waals surface area contributed by atoms with Crippen molar-refractivity contribution in [1.82, 2.24) is 25.5 Å². The maximum absolute atomic E-state index is 13.3. The number of aromatic amines is 1. The number of carbonyl (C=O) groups excluding carboxylic acids is 3. The summed E-state index contributed by atoms with van der Waals surface area (Å²) in [6, 6.07) is 14.4. The second-order valence-corrected chi connectivity index (χ2v) is 11.8. The van der Waals surface area contributed by atoms with Crippen LogP contribution in [-0.2, 0) is 20.4 Å². The minimum absolute atomic E-state index is 0.151. The number of hydrogen-bond acceptors (Lipinski definition) is 6. The van der Waals surface area contributed by atoms with E-state index >= 15 is 0 Å². The second kappa shape index (κ2) is 12.5. The van der Waals surface area contributed by atoms with Gasteiger partial charge in [0.05, 0.1) is 17.8 Å². The Labute approximate surface area is 244 Å². The fraction of sp³-hybridized carbons (Fsp3) is 0.267. The molecule has 1 unspecified atom stereocenters. The van der Waals surface area contributed by atoms with Crippen molar-refractivity contribution in [2.45, 2.75) is 30.7 Å². The van der Waals surface area contributed by atoms with Gasteiger partial charge in [0.1, 0.15) is 23.4 Å². The molecule has 12 heteroatoms. The first-order chi connectivity index (χ1) is 20.2. The highest BCUT2D eigenvalue weighted by Gasteiger charge is 2.41. The molecule has 4 aromatic rings. The average Bonchev–Trinajstić information content (AvgIpc) is 3.63. The summed E-state index contributed by atoms with van der Waals surface area (Å²) < 4.78 is 31.0. The van der Waals surface area contributed by atoms with E-state index in [2.05, 4.69) is 20.6 Å². The number of carbonyl (C=O) groups is 3. The van der Waals surface area contributed by atoms with E-state index in [0.717, 1.165) is 16.6 Å². The number of likely N-dealkylation sites (tertiary alicyclic amines) is 1. The van der Waals surface area contributed by atoms with Gasteiger partial charge in [-0.05, 0) is 74.0 Å². The molecule has 2 aromatic carbocycles. The number of benzene rings is 2. The van der Waals surface area contributed by atoms with Crippen LogP contribution < -0.4 is 15.4 Å². The van der Waals surface area contributed by atoms with Gasteiger partial charge in [0.2, 0.25) is 11.8 Å². The molecule has 10 nitrogen and oxygen atoms in total. The molecule has 3 N–H and O–H groups in total. The van der Waals surface area contributed by atoms with Gasteiger partial charge in [0.25, 0.3) is 5.91 Å². The smallest absolute Gasteiger partial charge is 0.251 e. The van der Waals surface area contributed by atoms with Crippen molar-refractivity contribution in [3.8, 4) is 11.5 Å². The molecule has 5 rings (SSSR count). The Morgan fingerprint density at radius 3 is 2.48 bits per heavy atom. The number of pyridine rings is 1. The van der Waals surface area contributed by atoms with E-state index in [1.807, 2.05) is 19.1 Å². The number of aromatic nitrogens is 2.